The highest BCUT2D eigenvalue weighted by molar-refractivity contribution is 8.15. The van der Waals surface area contributed by atoms with Crippen LogP contribution in [0.4, 0.5) is 5.69 Å². The number of hydrogen-bond acceptors (Lipinski definition) is 3. The number of carbonyl (C=O) groups is 1. The molecule has 1 fully saturated rings. The van der Waals surface area contributed by atoms with Crippen LogP contribution in [0, 0.1) is 6.92 Å². The molecule has 0 spiro atoms. The maximum absolute atomic E-state index is 12.2. The van der Waals surface area contributed by atoms with Crippen LogP contribution in [-0.2, 0) is 11.2 Å². The quantitative estimate of drug-likeness (QED) is 0.886. The van der Waals surface area contributed by atoms with Gasteiger partial charge in [0.05, 0.1) is 10.9 Å². The van der Waals surface area contributed by atoms with Gasteiger partial charge in [-0.1, -0.05) is 67.6 Å². The van der Waals surface area contributed by atoms with Crippen molar-refractivity contribution in [3.63, 3.8) is 0 Å². The first-order chi connectivity index (χ1) is 11.5. The van der Waals surface area contributed by atoms with Gasteiger partial charge in [0.15, 0.2) is 5.17 Å². The molecule has 1 unspecified atom stereocenters. The van der Waals surface area contributed by atoms with Gasteiger partial charge in [-0.05, 0) is 42.5 Å². The van der Waals surface area contributed by atoms with Gasteiger partial charge in [0.25, 0.3) is 0 Å². The first kappa shape index (κ1) is 16.8. The Hall–Kier alpha value is -2.07. The molecule has 1 heterocycles. The van der Waals surface area contributed by atoms with Gasteiger partial charge in [0, 0.05) is 0 Å². The molecule has 124 valence electrons. The number of carbonyl (C=O) groups excluding carboxylic acids is 1. The average Bonchev–Trinajstić information content (AvgIpc) is 2.89. The van der Waals surface area contributed by atoms with Crippen molar-refractivity contribution >= 4 is 28.5 Å². The molecular formula is C20H22N2OS. The first-order valence-corrected chi connectivity index (χ1v) is 9.11. The van der Waals surface area contributed by atoms with Gasteiger partial charge in [0.2, 0.25) is 5.91 Å². The van der Waals surface area contributed by atoms with Gasteiger partial charge < -0.3 is 5.32 Å². The molecule has 0 aromatic heterocycles. The lowest BCUT2D eigenvalue weighted by atomic mass is 10.0. The lowest BCUT2D eigenvalue weighted by Crippen LogP contribution is -2.25. The first-order valence-electron chi connectivity index (χ1n) is 8.23. The van der Waals surface area contributed by atoms with Crippen LogP contribution in [0.5, 0.6) is 0 Å². The van der Waals surface area contributed by atoms with Crippen LogP contribution in [-0.4, -0.2) is 16.3 Å². The van der Waals surface area contributed by atoms with Crippen molar-refractivity contribution in [2.75, 3.05) is 0 Å². The average molecular weight is 338 g/mol. The van der Waals surface area contributed by atoms with Crippen molar-refractivity contribution in [3.05, 3.63) is 65.2 Å². The topological polar surface area (TPSA) is 41.5 Å². The normalized spacial score (nSPS) is 19.1. The fraction of sp³-hybridized carbons (Fsp3) is 0.300. The van der Waals surface area contributed by atoms with Crippen LogP contribution in [0.25, 0.3) is 0 Å². The smallest absolute Gasteiger partial charge is 0.239 e. The number of nitrogens with one attached hydrogen (secondary N) is 1. The molecule has 1 aliphatic heterocycles. The van der Waals surface area contributed by atoms with E-state index in [4.69, 9.17) is 0 Å². The molecule has 3 rings (SSSR count). The second kappa shape index (κ2) is 7.22. The van der Waals surface area contributed by atoms with E-state index < -0.39 is 0 Å². The zero-order valence-electron chi connectivity index (χ0n) is 14.2. The van der Waals surface area contributed by atoms with E-state index in [1.807, 2.05) is 31.2 Å². The molecule has 0 bridgehead atoms. The number of amidine groups is 1. The van der Waals surface area contributed by atoms with Crippen LogP contribution in [0.3, 0.4) is 0 Å². The summed E-state index contributed by atoms with van der Waals surface area (Å²) in [6, 6.07) is 16.5. The minimum absolute atomic E-state index is 0.0406. The summed E-state index contributed by atoms with van der Waals surface area (Å²) in [4.78, 5) is 16.7. The van der Waals surface area contributed by atoms with E-state index in [2.05, 4.69) is 48.4 Å². The molecule has 4 heteroatoms. The SMILES string of the molecule is Cc1ccc(N=C2NC(=O)C(Cc3ccc(C(C)C)cc3)S2)cc1. The van der Waals surface area contributed by atoms with Crippen molar-refractivity contribution in [1.82, 2.24) is 5.32 Å². The second-order valence-corrected chi connectivity index (χ2v) is 7.64. The predicted octanol–water partition coefficient (Wildman–Crippen LogP) is 4.58. The van der Waals surface area contributed by atoms with E-state index in [0.29, 0.717) is 11.1 Å². The maximum Gasteiger partial charge on any atom is 0.239 e. The summed E-state index contributed by atoms with van der Waals surface area (Å²) < 4.78 is 0. The number of nitrogens with zero attached hydrogens (tertiary/aromatic N) is 1. The summed E-state index contributed by atoms with van der Waals surface area (Å²) in [7, 11) is 0. The third-order valence-corrected chi connectivity index (χ3v) is 5.19. The molecule has 1 N–H and O–H groups in total. The Balaban J connectivity index is 1.67. The van der Waals surface area contributed by atoms with Crippen molar-refractivity contribution in [1.29, 1.82) is 0 Å². The van der Waals surface area contributed by atoms with Gasteiger partial charge >= 0.3 is 0 Å². The lowest BCUT2D eigenvalue weighted by molar-refractivity contribution is -0.118. The molecule has 2 aromatic carbocycles. The van der Waals surface area contributed by atoms with Gasteiger partial charge in [0.1, 0.15) is 0 Å². The molecule has 1 atom stereocenters. The van der Waals surface area contributed by atoms with Gasteiger partial charge in [-0.15, -0.1) is 0 Å². The van der Waals surface area contributed by atoms with E-state index in [1.54, 1.807) is 0 Å². The molecule has 1 amide bonds. The summed E-state index contributed by atoms with van der Waals surface area (Å²) >= 11 is 1.51. The Bertz CT molecular complexity index is 748. The lowest BCUT2D eigenvalue weighted by Gasteiger charge is -2.08. The molecule has 1 aliphatic rings. The van der Waals surface area contributed by atoms with E-state index in [0.717, 1.165) is 12.1 Å². The molecular weight excluding hydrogens is 316 g/mol. The summed E-state index contributed by atoms with van der Waals surface area (Å²) in [5, 5.41) is 3.47. The largest absolute Gasteiger partial charge is 0.304 e. The highest BCUT2D eigenvalue weighted by Gasteiger charge is 2.30. The number of aliphatic imine (C=N–C) groups is 1. The molecule has 3 nitrogen and oxygen atoms in total. The van der Waals surface area contributed by atoms with Crippen LogP contribution in [0.2, 0.25) is 0 Å². The fourth-order valence-corrected chi connectivity index (χ4v) is 3.61. The third kappa shape index (κ3) is 4.06. The number of amides is 1. The zero-order valence-corrected chi connectivity index (χ0v) is 15.1. The van der Waals surface area contributed by atoms with E-state index >= 15 is 0 Å². The summed E-state index contributed by atoms with van der Waals surface area (Å²) in [6.45, 7) is 6.41. The van der Waals surface area contributed by atoms with Crippen molar-refractivity contribution in [2.45, 2.75) is 38.4 Å². The van der Waals surface area contributed by atoms with Gasteiger partial charge in [-0.25, -0.2) is 4.99 Å². The number of rotatable bonds is 4. The number of aryl methyl sites for hydroxylation is 1. The molecule has 0 aliphatic carbocycles. The monoisotopic (exact) mass is 338 g/mol. The van der Waals surface area contributed by atoms with Crippen molar-refractivity contribution in [3.8, 4) is 0 Å². The Labute approximate surface area is 147 Å². The maximum atomic E-state index is 12.2. The third-order valence-electron chi connectivity index (χ3n) is 4.11. The van der Waals surface area contributed by atoms with Crippen LogP contribution in [0.15, 0.2) is 53.5 Å². The Morgan fingerprint density at radius 2 is 1.75 bits per heavy atom. The number of benzene rings is 2. The molecule has 1 saturated heterocycles. The fourth-order valence-electron chi connectivity index (χ4n) is 2.58. The predicted molar refractivity (Wildman–Crippen MR) is 102 cm³/mol. The van der Waals surface area contributed by atoms with Crippen molar-refractivity contribution in [2.24, 2.45) is 4.99 Å². The van der Waals surface area contributed by atoms with E-state index in [1.165, 1.54) is 28.5 Å². The summed E-state index contributed by atoms with van der Waals surface area (Å²) in [5.41, 5.74) is 4.57. The summed E-state index contributed by atoms with van der Waals surface area (Å²) in [6.07, 6.45) is 0.724. The molecule has 0 saturated carbocycles. The van der Waals surface area contributed by atoms with Crippen LogP contribution >= 0.6 is 11.8 Å². The Kier molecular flexibility index (Phi) is 5.05. The van der Waals surface area contributed by atoms with Crippen molar-refractivity contribution < 1.29 is 4.79 Å². The highest BCUT2D eigenvalue weighted by atomic mass is 32.2. The van der Waals surface area contributed by atoms with Crippen LogP contribution < -0.4 is 5.32 Å². The molecule has 2 aromatic rings. The number of thioether (sulfide) groups is 1. The van der Waals surface area contributed by atoms with Gasteiger partial charge in [-0.3, -0.25) is 4.79 Å². The van der Waals surface area contributed by atoms with E-state index in [9.17, 15) is 4.79 Å². The van der Waals surface area contributed by atoms with Gasteiger partial charge in [-0.2, -0.15) is 0 Å². The second-order valence-electron chi connectivity index (χ2n) is 6.45. The van der Waals surface area contributed by atoms with E-state index in [-0.39, 0.29) is 11.2 Å². The standard InChI is InChI=1S/C20H22N2OS/c1-13(2)16-8-6-15(7-9-16)12-18-19(23)22-20(24-18)21-17-10-4-14(3)5-11-17/h4-11,13,18H,12H2,1-3H3,(H,21,22,23). The summed E-state index contributed by atoms with van der Waals surface area (Å²) in [5.74, 6) is 0.565. The number of hydrogen-bond donors (Lipinski definition) is 1. The Morgan fingerprint density at radius 3 is 2.38 bits per heavy atom. The molecule has 0 radical (unpaired) electrons. The Morgan fingerprint density at radius 1 is 1.08 bits per heavy atom. The minimum atomic E-state index is -0.112. The molecule has 24 heavy (non-hydrogen) atoms. The van der Waals surface area contributed by atoms with Crippen LogP contribution in [0.1, 0.15) is 36.5 Å². The highest BCUT2D eigenvalue weighted by Crippen LogP contribution is 2.26. The minimum Gasteiger partial charge on any atom is -0.304 e. The zero-order chi connectivity index (χ0) is 17.1.